The molecule has 2 aliphatic rings. The van der Waals surface area contributed by atoms with Crippen molar-refractivity contribution in [2.24, 2.45) is 0 Å². The molecule has 0 bridgehead atoms. The van der Waals surface area contributed by atoms with Crippen LogP contribution in [0.5, 0.6) is 0 Å². The van der Waals surface area contributed by atoms with E-state index in [0.29, 0.717) is 31.1 Å². The van der Waals surface area contributed by atoms with Crippen molar-refractivity contribution >= 4 is 23.6 Å². The first-order valence-electron chi connectivity index (χ1n) is 11.6. The van der Waals surface area contributed by atoms with E-state index in [-0.39, 0.29) is 17.7 Å². The molecule has 1 atom stereocenters. The van der Waals surface area contributed by atoms with E-state index >= 15 is 4.39 Å². The first kappa shape index (κ1) is 23.9. The Morgan fingerprint density at radius 3 is 2.40 bits per heavy atom. The topological polar surface area (TPSA) is 53.1 Å². The average molecular weight is 504 g/mol. The van der Waals surface area contributed by atoms with E-state index in [1.165, 1.54) is 31.3 Å². The van der Waals surface area contributed by atoms with Crippen molar-refractivity contribution in [3.63, 3.8) is 0 Å². The van der Waals surface area contributed by atoms with Crippen molar-refractivity contribution < 1.29 is 17.6 Å². The molecule has 1 aliphatic heterocycles. The molecule has 0 amide bonds. The Kier molecular flexibility index (Phi) is 6.84. The summed E-state index contributed by atoms with van der Waals surface area (Å²) in [5.74, 6) is -0.308. The smallest absolute Gasteiger partial charge is 0.363 e. The van der Waals surface area contributed by atoms with Gasteiger partial charge in [0.05, 0.1) is 11.6 Å². The van der Waals surface area contributed by atoms with Crippen molar-refractivity contribution in [3.05, 3.63) is 77.4 Å². The molecule has 0 radical (unpaired) electrons. The van der Waals surface area contributed by atoms with Crippen LogP contribution in [-0.2, 0) is 12.7 Å². The molecule has 5 rings (SSSR count). The molecule has 1 saturated carbocycles. The summed E-state index contributed by atoms with van der Waals surface area (Å²) in [6, 6.07) is 13.5. The highest BCUT2D eigenvalue weighted by atomic mass is 32.2. The first-order valence-corrected chi connectivity index (χ1v) is 12.4. The van der Waals surface area contributed by atoms with Crippen LogP contribution < -0.4 is 14.9 Å². The number of aromatic nitrogens is 2. The second kappa shape index (κ2) is 10.0. The minimum Gasteiger partial charge on any atom is -0.363 e. The summed E-state index contributed by atoms with van der Waals surface area (Å²) >= 11 is 1.62. The van der Waals surface area contributed by atoms with Crippen molar-refractivity contribution in [3.8, 4) is 0 Å². The zero-order chi connectivity index (χ0) is 24.4. The maximum absolute atomic E-state index is 15.4. The minimum atomic E-state index is -4.39. The monoisotopic (exact) mass is 503 g/mol. The zero-order valence-electron chi connectivity index (χ0n) is 18.9. The third-order valence-corrected chi connectivity index (χ3v) is 7.18. The summed E-state index contributed by atoms with van der Waals surface area (Å²) in [5, 5.41) is 3.05. The Labute approximate surface area is 205 Å². The van der Waals surface area contributed by atoms with Gasteiger partial charge >= 0.3 is 6.18 Å². The van der Waals surface area contributed by atoms with Crippen molar-refractivity contribution in [1.82, 2.24) is 14.7 Å². The number of rotatable bonds is 8. The number of hydrogen-bond acceptors (Lipinski definition) is 6. The molecule has 2 heterocycles. The van der Waals surface area contributed by atoms with Crippen molar-refractivity contribution in [2.45, 2.75) is 55.4 Å². The maximum atomic E-state index is 15.4. The first-order chi connectivity index (χ1) is 16.9. The second-order valence-electron chi connectivity index (χ2n) is 8.82. The van der Waals surface area contributed by atoms with Crippen LogP contribution in [0, 0.1) is 5.82 Å². The van der Waals surface area contributed by atoms with Crippen LogP contribution in [0.2, 0.25) is 0 Å². The normalized spacial score (nSPS) is 18.2. The minimum absolute atomic E-state index is 0.0990. The van der Waals surface area contributed by atoms with Crippen LogP contribution in [0.4, 0.5) is 29.2 Å². The summed E-state index contributed by atoms with van der Waals surface area (Å²) in [5.41, 5.74) is 0.998. The van der Waals surface area contributed by atoms with Crippen molar-refractivity contribution in [2.75, 3.05) is 16.8 Å². The van der Waals surface area contributed by atoms with Gasteiger partial charge in [-0.15, -0.1) is 0 Å². The third-order valence-electron chi connectivity index (χ3n) is 6.22. The molecule has 2 aromatic carbocycles. The van der Waals surface area contributed by atoms with Gasteiger partial charge in [-0.25, -0.2) is 9.97 Å². The van der Waals surface area contributed by atoms with E-state index < -0.39 is 17.6 Å². The molecule has 184 valence electrons. The standard InChI is InChI=1S/C25H25F4N5S/c26-22-23(30-14-16-3-11-20(12-4-16)35-33-19-9-10-19)31-15-32-24(22)34-13-1-2-21(34)17-5-7-18(8-6-17)25(27,28)29/h3-8,11-12,15,19,21,33H,1-2,9-10,13-14H2,(H,30,31,32). The Morgan fingerprint density at radius 1 is 0.971 bits per heavy atom. The molecule has 1 saturated heterocycles. The van der Waals surface area contributed by atoms with Crippen LogP contribution in [0.3, 0.4) is 0 Å². The van der Waals surface area contributed by atoms with Gasteiger partial charge in [0, 0.05) is 24.0 Å². The van der Waals surface area contributed by atoms with E-state index in [0.717, 1.165) is 29.0 Å². The molecule has 35 heavy (non-hydrogen) atoms. The lowest BCUT2D eigenvalue weighted by atomic mass is 10.0. The third kappa shape index (κ3) is 5.70. The van der Waals surface area contributed by atoms with Crippen LogP contribution in [-0.4, -0.2) is 22.6 Å². The number of nitrogens with one attached hydrogen (secondary N) is 2. The molecule has 10 heteroatoms. The molecule has 2 N–H and O–H groups in total. The van der Waals surface area contributed by atoms with E-state index in [9.17, 15) is 13.2 Å². The predicted molar refractivity (Wildman–Crippen MR) is 129 cm³/mol. The van der Waals surface area contributed by atoms with Crippen LogP contribution in [0.1, 0.15) is 48.4 Å². The van der Waals surface area contributed by atoms with Gasteiger partial charge in [-0.05, 0) is 73.0 Å². The van der Waals surface area contributed by atoms with Gasteiger partial charge in [-0.2, -0.15) is 17.6 Å². The molecule has 1 unspecified atom stereocenters. The van der Waals surface area contributed by atoms with Gasteiger partial charge in [0.25, 0.3) is 0 Å². The number of alkyl halides is 3. The van der Waals surface area contributed by atoms with Gasteiger partial charge in [0.2, 0.25) is 5.82 Å². The summed E-state index contributed by atoms with van der Waals surface area (Å²) in [7, 11) is 0. The number of benzene rings is 2. The fourth-order valence-electron chi connectivity index (χ4n) is 4.16. The molecular weight excluding hydrogens is 478 g/mol. The molecule has 1 aromatic heterocycles. The summed E-state index contributed by atoms with van der Waals surface area (Å²) in [4.78, 5) is 11.2. The lowest BCUT2D eigenvalue weighted by Gasteiger charge is -2.27. The van der Waals surface area contributed by atoms with E-state index in [1.54, 1.807) is 11.9 Å². The fourth-order valence-corrected chi connectivity index (χ4v) is 4.97. The number of anilines is 2. The van der Waals surface area contributed by atoms with Crippen LogP contribution >= 0.6 is 11.9 Å². The van der Waals surface area contributed by atoms with E-state index in [1.807, 2.05) is 29.2 Å². The molecule has 5 nitrogen and oxygen atoms in total. The van der Waals surface area contributed by atoms with Crippen LogP contribution in [0.15, 0.2) is 59.8 Å². The SMILES string of the molecule is Fc1c(NCc2ccc(SNC3CC3)cc2)ncnc1N1CCCC1c1ccc(C(F)(F)F)cc1. The highest BCUT2D eigenvalue weighted by Crippen LogP contribution is 2.38. The number of nitrogens with zero attached hydrogens (tertiary/aromatic N) is 3. The maximum Gasteiger partial charge on any atom is 0.416 e. The summed E-state index contributed by atoms with van der Waals surface area (Å²) < 4.78 is 57.6. The van der Waals surface area contributed by atoms with E-state index in [4.69, 9.17) is 0 Å². The molecule has 1 aliphatic carbocycles. The molecular formula is C25H25F4N5S. The lowest BCUT2D eigenvalue weighted by Crippen LogP contribution is -2.25. The lowest BCUT2D eigenvalue weighted by molar-refractivity contribution is -0.137. The predicted octanol–water partition coefficient (Wildman–Crippen LogP) is 6.35. The Balaban J connectivity index is 1.26. The van der Waals surface area contributed by atoms with Gasteiger partial charge in [0.15, 0.2) is 11.6 Å². The highest BCUT2D eigenvalue weighted by Gasteiger charge is 2.33. The zero-order valence-corrected chi connectivity index (χ0v) is 19.7. The largest absolute Gasteiger partial charge is 0.416 e. The summed E-state index contributed by atoms with van der Waals surface area (Å²) in [6.07, 6.45) is 0.870. The quantitative estimate of drug-likeness (QED) is 0.276. The summed E-state index contributed by atoms with van der Waals surface area (Å²) in [6.45, 7) is 0.962. The number of halogens is 4. The van der Waals surface area contributed by atoms with Gasteiger partial charge in [-0.3, -0.25) is 4.72 Å². The molecule has 3 aromatic rings. The Morgan fingerprint density at radius 2 is 1.71 bits per heavy atom. The molecule has 2 fully saturated rings. The average Bonchev–Trinajstić information content (AvgIpc) is 3.56. The Bertz CT molecular complexity index is 1150. The fraction of sp³-hybridized carbons (Fsp3) is 0.360. The van der Waals surface area contributed by atoms with Gasteiger partial charge in [0.1, 0.15) is 6.33 Å². The van der Waals surface area contributed by atoms with Gasteiger partial charge in [-0.1, -0.05) is 24.3 Å². The van der Waals surface area contributed by atoms with Crippen LogP contribution in [0.25, 0.3) is 0 Å². The van der Waals surface area contributed by atoms with E-state index in [2.05, 4.69) is 20.0 Å². The molecule has 0 spiro atoms. The van der Waals surface area contributed by atoms with Crippen molar-refractivity contribution in [1.29, 1.82) is 0 Å². The highest BCUT2D eigenvalue weighted by molar-refractivity contribution is 7.97. The second-order valence-corrected chi connectivity index (χ2v) is 9.73. The Hall–Kier alpha value is -2.85. The number of hydrogen-bond donors (Lipinski definition) is 2. The van der Waals surface area contributed by atoms with Gasteiger partial charge < -0.3 is 10.2 Å².